The van der Waals surface area contributed by atoms with Crippen LogP contribution in [0.3, 0.4) is 0 Å². The Morgan fingerprint density at radius 1 is 1.41 bits per heavy atom. The molecule has 17 heavy (non-hydrogen) atoms. The van der Waals surface area contributed by atoms with Crippen molar-refractivity contribution in [3.05, 3.63) is 30.2 Å². The molecule has 0 saturated carbocycles. The fraction of sp³-hybridized carbons (Fsp3) is 0.250. The van der Waals surface area contributed by atoms with E-state index < -0.39 is 0 Å². The van der Waals surface area contributed by atoms with Crippen molar-refractivity contribution in [3.63, 3.8) is 0 Å². The number of ether oxygens (including phenoxy) is 1. The van der Waals surface area contributed by atoms with Crippen LogP contribution in [0.5, 0.6) is 5.88 Å². The number of nitrogens with zero attached hydrogens (tertiary/aromatic N) is 4. The predicted octanol–water partition coefficient (Wildman–Crippen LogP) is 1.98. The van der Waals surface area contributed by atoms with Gasteiger partial charge in [0.05, 0.1) is 23.2 Å². The molecular formula is C12H12N4O. The van der Waals surface area contributed by atoms with Crippen LogP contribution >= 0.6 is 0 Å². The van der Waals surface area contributed by atoms with E-state index in [0.717, 1.165) is 22.2 Å². The summed E-state index contributed by atoms with van der Waals surface area (Å²) in [6.45, 7) is 4.47. The summed E-state index contributed by atoms with van der Waals surface area (Å²) in [5, 5.41) is 5.29. The molecule has 3 heterocycles. The Kier molecular flexibility index (Phi) is 2.18. The summed E-state index contributed by atoms with van der Waals surface area (Å²) in [5.74, 6) is 0.614. The topological polar surface area (TPSA) is 52.3 Å². The molecule has 0 atom stereocenters. The lowest BCUT2D eigenvalue weighted by molar-refractivity contribution is 0.332. The maximum absolute atomic E-state index is 5.54. The summed E-state index contributed by atoms with van der Waals surface area (Å²) < 4.78 is 7.36. The van der Waals surface area contributed by atoms with Crippen LogP contribution in [0.25, 0.3) is 16.6 Å². The van der Waals surface area contributed by atoms with Gasteiger partial charge in [0.25, 0.3) is 0 Å². The predicted molar refractivity (Wildman–Crippen MR) is 64.2 cm³/mol. The van der Waals surface area contributed by atoms with E-state index >= 15 is 0 Å². The highest BCUT2D eigenvalue weighted by molar-refractivity contribution is 5.85. The van der Waals surface area contributed by atoms with Crippen LogP contribution in [0.15, 0.2) is 24.5 Å². The fourth-order valence-electron chi connectivity index (χ4n) is 1.89. The van der Waals surface area contributed by atoms with Gasteiger partial charge in [-0.25, -0.2) is 4.52 Å². The van der Waals surface area contributed by atoms with Crippen molar-refractivity contribution in [3.8, 4) is 5.88 Å². The molecule has 0 amide bonds. The fourth-order valence-corrected chi connectivity index (χ4v) is 1.89. The molecule has 0 fully saturated rings. The third kappa shape index (κ3) is 1.51. The Morgan fingerprint density at radius 2 is 2.29 bits per heavy atom. The highest BCUT2D eigenvalue weighted by atomic mass is 16.5. The van der Waals surface area contributed by atoms with Crippen LogP contribution in [0.4, 0.5) is 0 Å². The first-order valence-corrected chi connectivity index (χ1v) is 5.52. The van der Waals surface area contributed by atoms with Crippen LogP contribution in [0, 0.1) is 6.92 Å². The van der Waals surface area contributed by atoms with Crippen LogP contribution < -0.4 is 4.74 Å². The van der Waals surface area contributed by atoms with Crippen molar-refractivity contribution >= 4 is 16.6 Å². The van der Waals surface area contributed by atoms with Crippen LogP contribution in [0.2, 0.25) is 0 Å². The lowest BCUT2D eigenvalue weighted by Gasteiger charge is -2.07. The van der Waals surface area contributed by atoms with Crippen LogP contribution in [0.1, 0.15) is 12.6 Å². The number of aryl methyl sites for hydroxylation is 1. The van der Waals surface area contributed by atoms with E-state index in [9.17, 15) is 0 Å². The Bertz CT molecular complexity index is 689. The molecule has 5 nitrogen and oxygen atoms in total. The van der Waals surface area contributed by atoms with E-state index in [1.807, 2.05) is 30.5 Å². The average Bonchev–Trinajstić information content (AvgIpc) is 2.70. The number of hydrogen-bond acceptors (Lipinski definition) is 4. The van der Waals surface area contributed by atoms with Gasteiger partial charge >= 0.3 is 0 Å². The van der Waals surface area contributed by atoms with Crippen molar-refractivity contribution in [1.82, 2.24) is 19.6 Å². The molecule has 0 unspecified atom stereocenters. The number of fused-ring (bicyclic) bond motifs is 3. The Labute approximate surface area is 98.1 Å². The van der Waals surface area contributed by atoms with Gasteiger partial charge in [0, 0.05) is 18.5 Å². The van der Waals surface area contributed by atoms with E-state index in [1.165, 1.54) is 0 Å². The lowest BCUT2D eigenvalue weighted by Crippen LogP contribution is -2.00. The highest BCUT2D eigenvalue weighted by Gasteiger charge is 2.10. The van der Waals surface area contributed by atoms with Crippen molar-refractivity contribution in [2.24, 2.45) is 0 Å². The number of rotatable bonds is 2. The van der Waals surface area contributed by atoms with E-state index in [0.29, 0.717) is 12.5 Å². The van der Waals surface area contributed by atoms with Gasteiger partial charge < -0.3 is 4.74 Å². The normalized spacial score (nSPS) is 11.2. The molecule has 0 spiro atoms. The van der Waals surface area contributed by atoms with Gasteiger partial charge in [-0.05, 0) is 19.9 Å². The Hall–Kier alpha value is -2.17. The third-order valence-corrected chi connectivity index (χ3v) is 2.57. The summed E-state index contributed by atoms with van der Waals surface area (Å²) in [6, 6.07) is 3.85. The second-order valence-corrected chi connectivity index (χ2v) is 3.80. The lowest BCUT2D eigenvalue weighted by atomic mass is 10.3. The van der Waals surface area contributed by atoms with Gasteiger partial charge in [-0.15, -0.1) is 0 Å². The molecule has 0 aliphatic heterocycles. The standard InChI is InChI=1S/C12H12N4O/c1-3-17-12-9-7-13-5-4-10(9)16-11(14-12)6-8(2)15-16/h4-7H,3H2,1-2H3. The number of pyridine rings is 1. The van der Waals surface area contributed by atoms with Gasteiger partial charge in [0.1, 0.15) is 0 Å². The summed E-state index contributed by atoms with van der Waals surface area (Å²) in [7, 11) is 0. The van der Waals surface area contributed by atoms with Crippen molar-refractivity contribution in [2.45, 2.75) is 13.8 Å². The first-order valence-electron chi connectivity index (χ1n) is 5.52. The minimum atomic E-state index is 0.584. The van der Waals surface area contributed by atoms with Crippen molar-refractivity contribution in [1.29, 1.82) is 0 Å². The molecule has 0 aliphatic rings. The average molecular weight is 228 g/mol. The van der Waals surface area contributed by atoms with Crippen LogP contribution in [-0.4, -0.2) is 26.2 Å². The molecule has 0 saturated heterocycles. The molecule has 5 heteroatoms. The van der Waals surface area contributed by atoms with E-state index in [1.54, 1.807) is 12.4 Å². The molecule has 3 aromatic rings. The molecule has 3 rings (SSSR count). The minimum absolute atomic E-state index is 0.584. The first kappa shape index (κ1) is 10.0. The van der Waals surface area contributed by atoms with Gasteiger partial charge in [-0.1, -0.05) is 0 Å². The molecule has 0 N–H and O–H groups in total. The third-order valence-electron chi connectivity index (χ3n) is 2.57. The van der Waals surface area contributed by atoms with Crippen molar-refractivity contribution < 1.29 is 4.74 Å². The first-order chi connectivity index (χ1) is 8.29. The molecule has 3 aromatic heterocycles. The van der Waals surface area contributed by atoms with Gasteiger partial charge in [0.2, 0.25) is 5.88 Å². The molecule has 0 bridgehead atoms. The largest absolute Gasteiger partial charge is 0.477 e. The highest BCUT2D eigenvalue weighted by Crippen LogP contribution is 2.24. The maximum Gasteiger partial charge on any atom is 0.226 e. The van der Waals surface area contributed by atoms with E-state index in [2.05, 4.69) is 15.1 Å². The summed E-state index contributed by atoms with van der Waals surface area (Å²) >= 11 is 0. The van der Waals surface area contributed by atoms with Crippen LogP contribution in [-0.2, 0) is 0 Å². The quantitative estimate of drug-likeness (QED) is 0.673. The minimum Gasteiger partial charge on any atom is -0.477 e. The summed E-state index contributed by atoms with van der Waals surface area (Å²) in [6.07, 6.45) is 3.50. The smallest absolute Gasteiger partial charge is 0.226 e. The Morgan fingerprint density at radius 3 is 3.12 bits per heavy atom. The van der Waals surface area contributed by atoms with Gasteiger partial charge in [0.15, 0.2) is 5.65 Å². The van der Waals surface area contributed by atoms with Crippen molar-refractivity contribution in [2.75, 3.05) is 6.61 Å². The zero-order valence-corrected chi connectivity index (χ0v) is 9.71. The molecule has 0 aliphatic carbocycles. The van der Waals surface area contributed by atoms with E-state index in [-0.39, 0.29) is 0 Å². The number of aromatic nitrogens is 4. The van der Waals surface area contributed by atoms with E-state index in [4.69, 9.17) is 4.74 Å². The second kappa shape index (κ2) is 3.69. The molecule has 86 valence electrons. The van der Waals surface area contributed by atoms with Gasteiger partial charge in [-0.3, -0.25) is 4.98 Å². The zero-order chi connectivity index (χ0) is 11.8. The molecule has 0 radical (unpaired) electrons. The SMILES string of the molecule is CCOc1nc2cc(C)nn2c2ccncc12. The maximum atomic E-state index is 5.54. The molecule has 0 aromatic carbocycles. The summed E-state index contributed by atoms with van der Waals surface area (Å²) in [5.41, 5.74) is 2.69. The second-order valence-electron chi connectivity index (χ2n) is 3.80. The Balaban J connectivity index is 2.45. The zero-order valence-electron chi connectivity index (χ0n) is 9.71. The number of hydrogen-bond donors (Lipinski definition) is 0. The van der Waals surface area contributed by atoms with Gasteiger partial charge in [-0.2, -0.15) is 10.1 Å². The monoisotopic (exact) mass is 228 g/mol. The summed E-state index contributed by atoms with van der Waals surface area (Å²) in [4.78, 5) is 8.56. The molecular weight excluding hydrogens is 216 g/mol.